The second-order valence-corrected chi connectivity index (χ2v) is 5.47. The normalized spacial score (nSPS) is 17.7. The smallest absolute Gasteiger partial charge is 0.124 e. The maximum absolute atomic E-state index is 5.35. The third-order valence-corrected chi connectivity index (χ3v) is 4.03. The Bertz CT molecular complexity index is 578. The van der Waals surface area contributed by atoms with E-state index in [1.807, 2.05) is 12.1 Å². The predicted octanol–water partition coefficient (Wildman–Crippen LogP) is 1.80. The summed E-state index contributed by atoms with van der Waals surface area (Å²) in [7, 11) is 3.36. The minimum absolute atomic E-state index is 0.473. The van der Waals surface area contributed by atoms with E-state index in [0.29, 0.717) is 6.04 Å². The minimum Gasteiger partial charge on any atom is -0.497 e. The number of hydrogen-bond acceptors (Lipinski definition) is 5. The summed E-state index contributed by atoms with van der Waals surface area (Å²) in [6, 6.07) is 8.47. The molecule has 0 bridgehead atoms. The summed E-state index contributed by atoms with van der Waals surface area (Å²) in [5, 5.41) is 10.5. The van der Waals surface area contributed by atoms with E-state index in [9.17, 15) is 0 Å². The van der Waals surface area contributed by atoms with Crippen LogP contribution in [0.1, 0.15) is 12.1 Å². The Morgan fingerprint density at radius 3 is 2.68 bits per heavy atom. The first-order chi connectivity index (χ1) is 10.8. The Labute approximate surface area is 130 Å². The van der Waals surface area contributed by atoms with Crippen LogP contribution >= 0.6 is 0 Å². The van der Waals surface area contributed by atoms with Crippen molar-refractivity contribution in [3.8, 4) is 11.5 Å². The summed E-state index contributed by atoms with van der Waals surface area (Å²) in [4.78, 5) is 2.36. The molecule has 6 nitrogen and oxygen atoms in total. The van der Waals surface area contributed by atoms with Crippen molar-refractivity contribution < 1.29 is 9.47 Å². The number of rotatable bonds is 6. The van der Waals surface area contributed by atoms with Crippen LogP contribution in [0.25, 0.3) is 0 Å². The van der Waals surface area contributed by atoms with Gasteiger partial charge in [-0.15, -0.1) is 0 Å². The van der Waals surface area contributed by atoms with Crippen LogP contribution in [0.2, 0.25) is 0 Å². The molecule has 0 spiro atoms. The van der Waals surface area contributed by atoms with Gasteiger partial charge in [0.1, 0.15) is 11.5 Å². The fraction of sp³-hybridized carbons (Fsp3) is 0.438. The Balaban J connectivity index is 1.62. The average molecular weight is 302 g/mol. The van der Waals surface area contributed by atoms with E-state index in [1.165, 1.54) is 0 Å². The first kappa shape index (κ1) is 14.7. The zero-order valence-corrected chi connectivity index (χ0v) is 13.0. The molecule has 22 heavy (non-hydrogen) atoms. The van der Waals surface area contributed by atoms with Crippen LogP contribution in [0, 0.1) is 0 Å². The van der Waals surface area contributed by atoms with Crippen molar-refractivity contribution in [1.82, 2.24) is 15.5 Å². The maximum atomic E-state index is 5.35. The molecule has 1 atom stereocenters. The molecule has 0 amide bonds. The van der Waals surface area contributed by atoms with Gasteiger partial charge in [0, 0.05) is 61.5 Å². The van der Waals surface area contributed by atoms with E-state index in [0.717, 1.165) is 48.9 Å². The van der Waals surface area contributed by atoms with Crippen molar-refractivity contribution >= 4 is 5.69 Å². The molecule has 1 aromatic heterocycles. The van der Waals surface area contributed by atoms with Crippen molar-refractivity contribution in [2.24, 2.45) is 0 Å². The minimum atomic E-state index is 0.473. The van der Waals surface area contributed by atoms with Gasteiger partial charge in [-0.05, 0) is 12.5 Å². The van der Waals surface area contributed by atoms with Gasteiger partial charge in [-0.2, -0.15) is 5.10 Å². The SMILES string of the molecule is COc1cc(OC)cc(N2CCC(NCc3ccn[nH]3)C2)c1. The lowest BCUT2D eigenvalue weighted by Crippen LogP contribution is -2.32. The van der Waals surface area contributed by atoms with Gasteiger partial charge in [0.05, 0.1) is 14.2 Å². The number of ether oxygens (including phenoxy) is 2. The van der Waals surface area contributed by atoms with E-state index in [4.69, 9.17) is 9.47 Å². The summed E-state index contributed by atoms with van der Waals surface area (Å²) >= 11 is 0. The largest absolute Gasteiger partial charge is 0.497 e. The van der Waals surface area contributed by atoms with Gasteiger partial charge in [0.25, 0.3) is 0 Å². The molecule has 0 saturated carbocycles. The quantitative estimate of drug-likeness (QED) is 0.852. The highest BCUT2D eigenvalue weighted by atomic mass is 16.5. The van der Waals surface area contributed by atoms with Gasteiger partial charge >= 0.3 is 0 Å². The van der Waals surface area contributed by atoms with Crippen molar-refractivity contribution in [2.75, 3.05) is 32.2 Å². The number of nitrogens with zero attached hydrogens (tertiary/aromatic N) is 2. The maximum Gasteiger partial charge on any atom is 0.124 e. The van der Waals surface area contributed by atoms with Crippen LogP contribution in [0.5, 0.6) is 11.5 Å². The first-order valence-electron chi connectivity index (χ1n) is 7.48. The molecule has 1 unspecified atom stereocenters. The first-order valence-corrected chi connectivity index (χ1v) is 7.48. The molecule has 0 radical (unpaired) electrons. The Hall–Kier alpha value is -2.21. The number of benzene rings is 1. The van der Waals surface area contributed by atoms with E-state index in [-0.39, 0.29) is 0 Å². The number of aromatic nitrogens is 2. The lowest BCUT2D eigenvalue weighted by atomic mass is 10.2. The topological polar surface area (TPSA) is 62.4 Å². The molecular formula is C16H22N4O2. The highest BCUT2D eigenvalue weighted by Gasteiger charge is 2.23. The van der Waals surface area contributed by atoms with Gasteiger partial charge in [-0.25, -0.2) is 0 Å². The van der Waals surface area contributed by atoms with E-state index in [1.54, 1.807) is 20.4 Å². The second kappa shape index (κ2) is 6.70. The van der Waals surface area contributed by atoms with Crippen LogP contribution < -0.4 is 19.7 Å². The van der Waals surface area contributed by atoms with E-state index in [2.05, 4.69) is 32.5 Å². The van der Waals surface area contributed by atoms with Crippen molar-refractivity contribution in [3.63, 3.8) is 0 Å². The highest BCUT2D eigenvalue weighted by molar-refractivity contribution is 5.56. The second-order valence-electron chi connectivity index (χ2n) is 5.47. The number of H-pyrrole nitrogens is 1. The van der Waals surface area contributed by atoms with E-state index < -0.39 is 0 Å². The zero-order valence-electron chi connectivity index (χ0n) is 13.0. The lowest BCUT2D eigenvalue weighted by molar-refractivity contribution is 0.394. The molecule has 0 aliphatic carbocycles. The number of nitrogens with one attached hydrogen (secondary N) is 2. The van der Waals surface area contributed by atoms with Gasteiger partial charge in [-0.1, -0.05) is 0 Å². The van der Waals surface area contributed by atoms with Crippen LogP contribution in [-0.4, -0.2) is 43.5 Å². The molecule has 2 N–H and O–H groups in total. The molecule has 2 aromatic rings. The van der Waals surface area contributed by atoms with E-state index >= 15 is 0 Å². The molecular weight excluding hydrogens is 280 g/mol. The Morgan fingerprint density at radius 1 is 1.27 bits per heavy atom. The fourth-order valence-corrected chi connectivity index (χ4v) is 2.77. The zero-order chi connectivity index (χ0) is 15.4. The standard InChI is InChI=1S/C16H22N4O2/c1-21-15-7-14(8-16(9-15)22-2)20-6-4-13(11-20)17-10-12-3-5-18-19-12/h3,5,7-9,13,17H,4,6,10-11H2,1-2H3,(H,18,19). The number of hydrogen-bond donors (Lipinski definition) is 2. The summed E-state index contributed by atoms with van der Waals surface area (Å²) in [5.41, 5.74) is 2.25. The molecule has 1 aliphatic heterocycles. The number of aromatic amines is 1. The summed E-state index contributed by atoms with van der Waals surface area (Å²) < 4.78 is 10.7. The van der Waals surface area contributed by atoms with Crippen LogP contribution in [0.15, 0.2) is 30.5 Å². The highest BCUT2D eigenvalue weighted by Crippen LogP contribution is 2.30. The fourth-order valence-electron chi connectivity index (χ4n) is 2.77. The van der Waals surface area contributed by atoms with Crippen molar-refractivity contribution in [1.29, 1.82) is 0 Å². The van der Waals surface area contributed by atoms with Gasteiger partial charge < -0.3 is 19.7 Å². The van der Waals surface area contributed by atoms with Crippen LogP contribution in [0.4, 0.5) is 5.69 Å². The third-order valence-electron chi connectivity index (χ3n) is 4.03. The van der Waals surface area contributed by atoms with Gasteiger partial charge in [0.15, 0.2) is 0 Å². The van der Waals surface area contributed by atoms with Gasteiger partial charge in [-0.3, -0.25) is 5.10 Å². The van der Waals surface area contributed by atoms with Crippen LogP contribution in [-0.2, 0) is 6.54 Å². The molecule has 6 heteroatoms. The monoisotopic (exact) mass is 302 g/mol. The summed E-state index contributed by atoms with van der Waals surface area (Å²) in [6.07, 6.45) is 2.90. The Kier molecular flexibility index (Phi) is 4.48. The molecule has 1 saturated heterocycles. The van der Waals surface area contributed by atoms with Crippen molar-refractivity contribution in [3.05, 3.63) is 36.2 Å². The summed E-state index contributed by atoms with van der Waals surface area (Å²) in [6.45, 7) is 2.82. The average Bonchev–Trinajstić information content (AvgIpc) is 3.23. The number of anilines is 1. The predicted molar refractivity (Wildman–Crippen MR) is 85.6 cm³/mol. The molecule has 118 valence electrons. The van der Waals surface area contributed by atoms with Gasteiger partial charge in [0.2, 0.25) is 0 Å². The number of methoxy groups -OCH3 is 2. The van der Waals surface area contributed by atoms with Crippen molar-refractivity contribution in [2.45, 2.75) is 19.0 Å². The van der Waals surface area contributed by atoms with Crippen LogP contribution in [0.3, 0.4) is 0 Å². The molecule has 2 heterocycles. The molecule has 1 aromatic carbocycles. The third kappa shape index (κ3) is 3.33. The lowest BCUT2D eigenvalue weighted by Gasteiger charge is -2.20. The summed E-state index contributed by atoms with van der Waals surface area (Å²) in [5.74, 6) is 1.64. The molecule has 1 fully saturated rings. The molecule has 1 aliphatic rings. The Morgan fingerprint density at radius 2 is 2.05 bits per heavy atom. The molecule has 3 rings (SSSR count).